The average molecular weight is 331 g/mol. The van der Waals surface area contributed by atoms with E-state index in [1.807, 2.05) is 32.2 Å². The minimum atomic E-state index is -0.230. The molecule has 0 aromatic carbocycles. The molecular weight excluding hydrogens is 306 g/mol. The molecule has 24 heavy (non-hydrogen) atoms. The number of hydrogen-bond donors (Lipinski definition) is 2. The molecule has 0 spiro atoms. The van der Waals surface area contributed by atoms with Gasteiger partial charge in [-0.2, -0.15) is 5.10 Å². The lowest BCUT2D eigenvalue weighted by molar-refractivity contribution is 0.144. The fraction of sp³-hybridized carbons (Fsp3) is 0.529. The minimum absolute atomic E-state index is 0.0688. The number of piperidine rings is 1. The Hall–Kier alpha value is -2.28. The van der Waals surface area contributed by atoms with E-state index >= 15 is 0 Å². The lowest BCUT2D eigenvalue weighted by atomic mass is 10.1. The van der Waals surface area contributed by atoms with Gasteiger partial charge in [-0.05, 0) is 45.0 Å². The Morgan fingerprint density at radius 3 is 2.79 bits per heavy atom. The molecule has 2 N–H and O–H groups in total. The van der Waals surface area contributed by atoms with E-state index in [0.29, 0.717) is 12.4 Å². The molecule has 130 valence electrons. The number of anilines is 1. The number of carbonyl (C=O) groups is 1. The summed E-state index contributed by atoms with van der Waals surface area (Å²) in [6.45, 7) is 4.48. The van der Waals surface area contributed by atoms with Gasteiger partial charge in [0.05, 0.1) is 18.0 Å². The van der Waals surface area contributed by atoms with Crippen molar-refractivity contribution >= 4 is 11.8 Å². The fourth-order valence-corrected chi connectivity index (χ4v) is 3.20. The standard InChI is InChI=1S/C17H25N5O2/c1-13-11-16(21(2)20-13)19-17(23)18-12-14(15-7-6-10-24-15)22-8-4-3-5-9-22/h6-7,10-11,14H,3-5,8-9,12H2,1-2H3,(H2,18,19,23)/t14-/m0/s1. The molecule has 1 atom stereocenters. The van der Waals surface area contributed by atoms with Gasteiger partial charge in [0.2, 0.25) is 0 Å². The maximum Gasteiger partial charge on any atom is 0.320 e. The maximum absolute atomic E-state index is 12.2. The van der Waals surface area contributed by atoms with Crippen molar-refractivity contribution in [2.75, 3.05) is 25.0 Å². The largest absolute Gasteiger partial charge is 0.468 e. The molecule has 0 radical (unpaired) electrons. The van der Waals surface area contributed by atoms with E-state index < -0.39 is 0 Å². The zero-order chi connectivity index (χ0) is 16.9. The van der Waals surface area contributed by atoms with Crippen LogP contribution >= 0.6 is 0 Å². The van der Waals surface area contributed by atoms with Crippen LogP contribution in [0.5, 0.6) is 0 Å². The predicted octanol–water partition coefficient (Wildman–Crippen LogP) is 2.67. The van der Waals surface area contributed by atoms with Crippen molar-refractivity contribution in [2.24, 2.45) is 7.05 Å². The van der Waals surface area contributed by atoms with Crippen molar-refractivity contribution in [3.63, 3.8) is 0 Å². The van der Waals surface area contributed by atoms with Crippen LogP contribution in [0.1, 0.15) is 36.8 Å². The number of furan rings is 1. The number of amides is 2. The first-order chi connectivity index (χ1) is 11.6. The van der Waals surface area contributed by atoms with E-state index in [0.717, 1.165) is 24.5 Å². The van der Waals surface area contributed by atoms with Crippen LogP contribution in [0.25, 0.3) is 0 Å². The maximum atomic E-state index is 12.2. The van der Waals surface area contributed by atoms with Gasteiger partial charge in [0.15, 0.2) is 0 Å². The third-order valence-corrected chi connectivity index (χ3v) is 4.40. The second-order valence-electron chi connectivity index (χ2n) is 6.26. The van der Waals surface area contributed by atoms with Gasteiger partial charge in [-0.15, -0.1) is 0 Å². The molecule has 0 bridgehead atoms. The van der Waals surface area contributed by atoms with Crippen molar-refractivity contribution < 1.29 is 9.21 Å². The predicted molar refractivity (Wildman–Crippen MR) is 91.8 cm³/mol. The van der Waals surface area contributed by atoms with Crippen LogP contribution in [0.4, 0.5) is 10.6 Å². The highest BCUT2D eigenvalue weighted by atomic mass is 16.3. The molecule has 0 aliphatic carbocycles. The van der Waals surface area contributed by atoms with E-state index in [2.05, 4.69) is 20.6 Å². The molecule has 1 fully saturated rings. The first-order valence-corrected chi connectivity index (χ1v) is 8.46. The third-order valence-electron chi connectivity index (χ3n) is 4.40. The summed E-state index contributed by atoms with van der Waals surface area (Å²) in [5.74, 6) is 1.58. The molecule has 2 amide bonds. The van der Waals surface area contributed by atoms with Crippen molar-refractivity contribution in [1.29, 1.82) is 0 Å². The summed E-state index contributed by atoms with van der Waals surface area (Å²) >= 11 is 0. The van der Waals surface area contributed by atoms with Gasteiger partial charge >= 0.3 is 6.03 Å². The first kappa shape index (κ1) is 16.6. The summed E-state index contributed by atoms with van der Waals surface area (Å²) in [5.41, 5.74) is 0.870. The van der Waals surface area contributed by atoms with Crippen molar-refractivity contribution in [3.8, 4) is 0 Å². The number of aryl methyl sites for hydroxylation is 2. The Balaban J connectivity index is 1.60. The smallest absolute Gasteiger partial charge is 0.320 e. The van der Waals surface area contributed by atoms with Crippen LogP contribution < -0.4 is 10.6 Å². The van der Waals surface area contributed by atoms with Gasteiger partial charge in [-0.3, -0.25) is 14.9 Å². The molecule has 1 saturated heterocycles. The molecule has 7 heteroatoms. The zero-order valence-electron chi connectivity index (χ0n) is 14.3. The second-order valence-corrected chi connectivity index (χ2v) is 6.26. The normalized spacial score (nSPS) is 16.8. The molecule has 2 aromatic rings. The molecule has 1 aliphatic rings. The van der Waals surface area contributed by atoms with Gasteiger partial charge in [0, 0.05) is 19.7 Å². The van der Waals surface area contributed by atoms with E-state index in [9.17, 15) is 4.79 Å². The van der Waals surface area contributed by atoms with E-state index in [-0.39, 0.29) is 12.1 Å². The van der Waals surface area contributed by atoms with Crippen LogP contribution in [0.2, 0.25) is 0 Å². The zero-order valence-corrected chi connectivity index (χ0v) is 14.3. The number of nitrogens with zero attached hydrogens (tertiary/aromatic N) is 3. The Bertz CT molecular complexity index is 659. The fourth-order valence-electron chi connectivity index (χ4n) is 3.20. The number of urea groups is 1. The topological polar surface area (TPSA) is 75.3 Å². The average Bonchev–Trinajstić information content (AvgIpc) is 3.19. The summed E-state index contributed by atoms with van der Waals surface area (Å²) in [6, 6.07) is 5.55. The van der Waals surface area contributed by atoms with Crippen LogP contribution in [0.15, 0.2) is 28.9 Å². The Labute approximate surface area is 142 Å². The molecule has 2 aromatic heterocycles. The number of likely N-dealkylation sites (tertiary alicyclic amines) is 1. The molecule has 0 saturated carbocycles. The van der Waals surface area contributed by atoms with Gasteiger partial charge in [0.25, 0.3) is 0 Å². The molecule has 7 nitrogen and oxygen atoms in total. The summed E-state index contributed by atoms with van der Waals surface area (Å²) < 4.78 is 7.25. The SMILES string of the molecule is Cc1cc(NC(=O)NC[C@@H](c2ccco2)N2CCCCC2)n(C)n1. The summed E-state index contributed by atoms with van der Waals surface area (Å²) in [5, 5.41) is 10.0. The number of aromatic nitrogens is 2. The van der Waals surface area contributed by atoms with E-state index in [1.54, 1.807) is 10.9 Å². The highest BCUT2D eigenvalue weighted by Gasteiger charge is 2.25. The van der Waals surface area contributed by atoms with E-state index in [1.165, 1.54) is 19.3 Å². The molecule has 1 aliphatic heterocycles. The molecule has 0 unspecified atom stereocenters. The van der Waals surface area contributed by atoms with Crippen LogP contribution in [0.3, 0.4) is 0 Å². The Morgan fingerprint density at radius 2 is 2.17 bits per heavy atom. The monoisotopic (exact) mass is 331 g/mol. The van der Waals surface area contributed by atoms with Crippen molar-refractivity contribution in [2.45, 2.75) is 32.2 Å². The number of rotatable bonds is 5. The Morgan fingerprint density at radius 1 is 1.38 bits per heavy atom. The quantitative estimate of drug-likeness (QED) is 0.883. The second kappa shape index (κ2) is 7.53. The number of carbonyl (C=O) groups excluding carboxylic acids is 1. The lowest BCUT2D eigenvalue weighted by Crippen LogP contribution is -2.41. The van der Waals surface area contributed by atoms with Gasteiger partial charge in [-0.25, -0.2) is 4.79 Å². The molecule has 3 heterocycles. The highest BCUT2D eigenvalue weighted by Crippen LogP contribution is 2.24. The third kappa shape index (κ3) is 3.97. The van der Waals surface area contributed by atoms with Gasteiger partial charge in [-0.1, -0.05) is 6.42 Å². The van der Waals surface area contributed by atoms with Crippen molar-refractivity contribution in [1.82, 2.24) is 20.0 Å². The van der Waals surface area contributed by atoms with Crippen LogP contribution in [-0.2, 0) is 7.05 Å². The van der Waals surface area contributed by atoms with Crippen LogP contribution in [-0.4, -0.2) is 40.3 Å². The van der Waals surface area contributed by atoms with E-state index in [4.69, 9.17) is 4.42 Å². The van der Waals surface area contributed by atoms with Gasteiger partial charge in [0.1, 0.15) is 11.6 Å². The number of hydrogen-bond acceptors (Lipinski definition) is 4. The lowest BCUT2D eigenvalue weighted by Gasteiger charge is -2.33. The summed E-state index contributed by atoms with van der Waals surface area (Å²) in [4.78, 5) is 14.6. The van der Waals surface area contributed by atoms with Gasteiger partial charge < -0.3 is 9.73 Å². The molecule has 3 rings (SSSR count). The summed E-state index contributed by atoms with van der Waals surface area (Å²) in [6.07, 6.45) is 5.34. The van der Waals surface area contributed by atoms with Crippen LogP contribution in [0, 0.1) is 6.92 Å². The van der Waals surface area contributed by atoms with Crippen molar-refractivity contribution in [3.05, 3.63) is 35.9 Å². The number of nitrogens with one attached hydrogen (secondary N) is 2. The summed E-state index contributed by atoms with van der Waals surface area (Å²) in [7, 11) is 1.81. The Kier molecular flexibility index (Phi) is 5.20. The molecular formula is C17H25N5O2. The highest BCUT2D eigenvalue weighted by molar-refractivity contribution is 5.88. The first-order valence-electron chi connectivity index (χ1n) is 8.46. The minimum Gasteiger partial charge on any atom is -0.468 e.